The van der Waals surface area contributed by atoms with Crippen LogP contribution in [0.2, 0.25) is 0 Å². The maximum Gasteiger partial charge on any atom is 0.338 e. The number of carbonyl (C=O) groups is 2. The van der Waals surface area contributed by atoms with Gasteiger partial charge < -0.3 is 23.7 Å². The molecule has 2 aliphatic heterocycles. The molecule has 0 aliphatic carbocycles. The van der Waals surface area contributed by atoms with Crippen LogP contribution < -0.4 is 19.6 Å². The van der Waals surface area contributed by atoms with Crippen molar-refractivity contribution in [1.29, 1.82) is 0 Å². The van der Waals surface area contributed by atoms with Crippen molar-refractivity contribution in [2.75, 3.05) is 32.9 Å². The molecule has 2 aromatic heterocycles. The molecule has 2 aliphatic rings. The molecule has 0 N–H and O–H groups in total. The summed E-state index contributed by atoms with van der Waals surface area (Å²) in [6, 6.07) is 24.0. The van der Waals surface area contributed by atoms with Crippen LogP contribution in [0.3, 0.4) is 0 Å². The van der Waals surface area contributed by atoms with Crippen LogP contribution in [0.4, 0.5) is 0 Å². The quantitative estimate of drug-likeness (QED) is 0.211. The Morgan fingerprint density at radius 2 is 1.72 bits per heavy atom. The lowest BCUT2D eigenvalue weighted by atomic mass is 9.93. The number of carbonyl (C=O) groups excluding carboxylic acids is 2. The number of fused-ring (bicyclic) bond motifs is 2. The van der Waals surface area contributed by atoms with E-state index in [1.807, 2.05) is 114 Å². The first kappa shape index (κ1) is 33.2. The van der Waals surface area contributed by atoms with Gasteiger partial charge >= 0.3 is 5.97 Å². The molecule has 4 heterocycles. The molecule has 11 heteroatoms. The summed E-state index contributed by atoms with van der Waals surface area (Å²) in [5, 5.41) is 0.919. The second-order valence-corrected chi connectivity index (χ2v) is 13.4. The third kappa shape index (κ3) is 6.54. The molecule has 1 amide bonds. The smallest absolute Gasteiger partial charge is 0.338 e. The second-order valence-electron chi connectivity index (χ2n) is 12.4. The number of thiazole rings is 1. The van der Waals surface area contributed by atoms with Crippen molar-refractivity contribution in [2.24, 2.45) is 4.99 Å². The van der Waals surface area contributed by atoms with Crippen LogP contribution in [0.1, 0.15) is 43.5 Å². The molecule has 5 aromatic rings. The monoisotopic (exact) mass is 690 g/mol. The molecule has 3 aromatic carbocycles. The Bertz CT molecular complexity index is 2260. The summed E-state index contributed by atoms with van der Waals surface area (Å²) in [5.74, 6) is 0.166. The summed E-state index contributed by atoms with van der Waals surface area (Å²) < 4.78 is 20.9. The van der Waals surface area contributed by atoms with Crippen LogP contribution in [0.25, 0.3) is 22.7 Å². The maximum atomic E-state index is 14.5. The van der Waals surface area contributed by atoms with E-state index in [1.54, 1.807) is 11.5 Å². The Labute approximate surface area is 293 Å². The summed E-state index contributed by atoms with van der Waals surface area (Å²) in [4.78, 5) is 48.8. The molecule has 1 atom stereocenters. The third-order valence-corrected chi connectivity index (χ3v) is 9.70. The molecule has 0 saturated carbocycles. The number of hydrogen-bond donors (Lipinski definition) is 0. The highest BCUT2D eigenvalue weighted by atomic mass is 32.1. The number of hydrogen-bond acceptors (Lipinski definition) is 8. The number of para-hydroxylation sites is 1. The first-order valence-corrected chi connectivity index (χ1v) is 17.6. The third-order valence-electron chi connectivity index (χ3n) is 8.72. The van der Waals surface area contributed by atoms with E-state index in [9.17, 15) is 14.4 Å². The van der Waals surface area contributed by atoms with Gasteiger partial charge in [0.1, 0.15) is 12.3 Å². The minimum absolute atomic E-state index is 0.0124. The molecule has 256 valence electrons. The highest BCUT2D eigenvalue weighted by Crippen LogP contribution is 2.36. The van der Waals surface area contributed by atoms with Crippen LogP contribution in [0.5, 0.6) is 5.75 Å². The van der Waals surface area contributed by atoms with Gasteiger partial charge in [-0.25, -0.2) is 9.79 Å². The molecular formula is C39H38N4O6S. The van der Waals surface area contributed by atoms with E-state index in [2.05, 4.69) is 0 Å². The van der Waals surface area contributed by atoms with Gasteiger partial charge in [-0.05, 0) is 50.6 Å². The Morgan fingerprint density at radius 3 is 2.44 bits per heavy atom. The maximum absolute atomic E-state index is 14.5. The fourth-order valence-electron chi connectivity index (χ4n) is 6.48. The van der Waals surface area contributed by atoms with E-state index in [-0.39, 0.29) is 36.3 Å². The van der Waals surface area contributed by atoms with Crippen molar-refractivity contribution >= 4 is 45.9 Å². The van der Waals surface area contributed by atoms with Gasteiger partial charge in [0.2, 0.25) is 5.91 Å². The molecule has 50 heavy (non-hydrogen) atoms. The lowest BCUT2D eigenvalue weighted by Crippen LogP contribution is -2.42. The van der Waals surface area contributed by atoms with E-state index < -0.39 is 12.0 Å². The molecule has 1 fully saturated rings. The van der Waals surface area contributed by atoms with E-state index in [4.69, 9.17) is 19.2 Å². The second kappa shape index (κ2) is 14.3. The van der Waals surface area contributed by atoms with Crippen LogP contribution in [0, 0.1) is 0 Å². The SMILES string of the molecule is CCOC(=O)C1=C(c2ccccc2)N=c2s/c(=C\c3cn(CC(=O)N4CCOCC4)c4ccccc34)c(=O)n2[C@@H]1c1ccc(OC(C)C)cc1. The van der Waals surface area contributed by atoms with Gasteiger partial charge in [0, 0.05) is 41.3 Å². The van der Waals surface area contributed by atoms with E-state index >= 15 is 0 Å². The van der Waals surface area contributed by atoms with Crippen LogP contribution in [-0.4, -0.2) is 64.9 Å². The highest BCUT2D eigenvalue weighted by molar-refractivity contribution is 7.07. The average molecular weight is 691 g/mol. The summed E-state index contributed by atoms with van der Waals surface area (Å²) in [6.45, 7) is 8.22. The first-order chi connectivity index (χ1) is 24.3. The van der Waals surface area contributed by atoms with Gasteiger partial charge in [-0.2, -0.15) is 0 Å². The zero-order valence-corrected chi connectivity index (χ0v) is 29.0. The summed E-state index contributed by atoms with van der Waals surface area (Å²) in [7, 11) is 0. The van der Waals surface area contributed by atoms with Crippen molar-refractivity contribution in [2.45, 2.75) is 39.5 Å². The predicted molar refractivity (Wildman–Crippen MR) is 193 cm³/mol. The van der Waals surface area contributed by atoms with Crippen molar-refractivity contribution in [3.8, 4) is 5.75 Å². The van der Waals surface area contributed by atoms with Gasteiger partial charge in [-0.1, -0.05) is 72.0 Å². The lowest BCUT2D eigenvalue weighted by molar-refractivity contribution is -0.139. The first-order valence-electron chi connectivity index (χ1n) is 16.8. The van der Waals surface area contributed by atoms with E-state index in [0.29, 0.717) is 47.1 Å². The number of morpholine rings is 1. The molecule has 0 spiro atoms. The predicted octanol–water partition coefficient (Wildman–Crippen LogP) is 4.54. The highest BCUT2D eigenvalue weighted by Gasteiger charge is 2.35. The Morgan fingerprint density at radius 1 is 1.00 bits per heavy atom. The molecule has 0 unspecified atom stereocenters. The molecule has 0 bridgehead atoms. The fourth-order valence-corrected chi connectivity index (χ4v) is 7.47. The molecular weight excluding hydrogens is 653 g/mol. The number of amides is 1. The zero-order chi connectivity index (χ0) is 34.8. The summed E-state index contributed by atoms with van der Waals surface area (Å²) in [5.41, 5.74) is 3.63. The normalized spacial score (nSPS) is 16.4. The molecule has 1 saturated heterocycles. The lowest BCUT2D eigenvalue weighted by Gasteiger charge is -2.27. The zero-order valence-electron chi connectivity index (χ0n) is 28.2. The van der Waals surface area contributed by atoms with Crippen molar-refractivity contribution in [3.63, 3.8) is 0 Å². The van der Waals surface area contributed by atoms with Gasteiger partial charge in [-0.3, -0.25) is 14.2 Å². The van der Waals surface area contributed by atoms with Crippen molar-refractivity contribution < 1.29 is 23.8 Å². The number of benzene rings is 3. The van der Waals surface area contributed by atoms with Gasteiger partial charge in [0.05, 0.1) is 47.8 Å². The topological polar surface area (TPSA) is 104 Å². The number of rotatable bonds is 9. The number of esters is 1. The molecule has 7 rings (SSSR count). The standard InChI is InChI=1S/C39H38N4O6S/c1-4-48-38(46)34-35(26-10-6-5-7-11-26)40-39-43(36(34)27-14-16-29(17-15-27)49-25(2)3)37(45)32(50-39)22-28-23-42(31-13-9-8-12-30(28)31)24-33(44)41-18-20-47-21-19-41/h5-17,22-23,25,36H,4,18-21,24H2,1-3H3/b32-22-/t36-/m1/s1. The van der Waals surface area contributed by atoms with Crippen LogP contribution in [0.15, 0.2) is 100 Å². The van der Waals surface area contributed by atoms with E-state index in [1.165, 1.54) is 11.3 Å². The largest absolute Gasteiger partial charge is 0.491 e. The summed E-state index contributed by atoms with van der Waals surface area (Å²) >= 11 is 1.27. The molecule has 0 radical (unpaired) electrons. The number of nitrogens with zero attached hydrogens (tertiary/aromatic N) is 4. The Hall–Kier alpha value is -5.26. The Balaban J connectivity index is 1.39. The van der Waals surface area contributed by atoms with Gasteiger partial charge in [0.25, 0.3) is 5.56 Å². The van der Waals surface area contributed by atoms with Crippen LogP contribution >= 0.6 is 11.3 Å². The van der Waals surface area contributed by atoms with Crippen LogP contribution in [-0.2, 0) is 25.6 Å². The minimum atomic E-state index is -0.803. The Kier molecular flexibility index (Phi) is 9.51. The van der Waals surface area contributed by atoms with Crippen molar-refractivity contribution in [3.05, 3.63) is 127 Å². The number of aromatic nitrogens is 2. The van der Waals surface area contributed by atoms with Gasteiger partial charge in [0.15, 0.2) is 4.80 Å². The summed E-state index contributed by atoms with van der Waals surface area (Å²) in [6.07, 6.45) is 3.77. The van der Waals surface area contributed by atoms with Crippen molar-refractivity contribution in [1.82, 2.24) is 14.0 Å². The fraction of sp³-hybridized carbons (Fsp3) is 0.282. The average Bonchev–Trinajstić information content (AvgIpc) is 3.64. The number of ether oxygens (including phenoxy) is 3. The minimum Gasteiger partial charge on any atom is -0.491 e. The van der Waals surface area contributed by atoms with E-state index in [0.717, 1.165) is 27.6 Å². The van der Waals surface area contributed by atoms with Gasteiger partial charge in [-0.15, -0.1) is 0 Å². The molecule has 10 nitrogen and oxygen atoms in total.